The molecular weight excluding hydrogens is 250 g/mol. The maximum Gasteiger partial charge on any atom is 0.120 e. The molecule has 1 fully saturated rings. The summed E-state index contributed by atoms with van der Waals surface area (Å²) in [5, 5.41) is 16.0. The molecule has 2 aromatic rings. The van der Waals surface area contributed by atoms with Crippen LogP contribution in [-0.4, -0.2) is 23.9 Å². The summed E-state index contributed by atoms with van der Waals surface area (Å²) in [6, 6.07) is 11.9. The number of phenols is 1. The lowest BCUT2D eigenvalue weighted by molar-refractivity contribution is 0.0277. The molecule has 0 radical (unpaired) electrons. The second-order valence-corrected chi connectivity index (χ2v) is 5.85. The molecule has 2 N–H and O–H groups in total. The second-order valence-electron chi connectivity index (χ2n) is 5.85. The molecule has 0 saturated carbocycles. The molecule has 3 rings (SSSR count). The van der Waals surface area contributed by atoms with E-state index in [9.17, 15) is 5.11 Å². The number of nitrogens with one attached hydrogen (secondary N) is 1. The van der Waals surface area contributed by atoms with E-state index in [1.807, 2.05) is 18.2 Å². The average Bonchev–Trinajstić information content (AvgIpc) is 2.47. The number of hydrogen-bond donors (Lipinski definition) is 2. The SMILES string of the molecule is CC1(NCc2c(O)ccc3ccccc23)CCCOC1. The lowest BCUT2D eigenvalue weighted by Crippen LogP contribution is -2.48. The average molecular weight is 271 g/mol. The number of aromatic hydroxyl groups is 1. The lowest BCUT2D eigenvalue weighted by Gasteiger charge is -2.34. The van der Waals surface area contributed by atoms with E-state index in [1.165, 1.54) is 0 Å². The third-order valence-corrected chi connectivity index (χ3v) is 4.15. The van der Waals surface area contributed by atoms with E-state index >= 15 is 0 Å². The van der Waals surface area contributed by atoms with Crippen molar-refractivity contribution in [1.29, 1.82) is 0 Å². The molecule has 3 nitrogen and oxygen atoms in total. The van der Waals surface area contributed by atoms with Gasteiger partial charge >= 0.3 is 0 Å². The van der Waals surface area contributed by atoms with Crippen molar-refractivity contribution in [2.45, 2.75) is 31.8 Å². The number of hydrogen-bond acceptors (Lipinski definition) is 3. The summed E-state index contributed by atoms with van der Waals surface area (Å²) in [4.78, 5) is 0. The normalized spacial score (nSPS) is 23.1. The maximum absolute atomic E-state index is 10.2. The predicted molar refractivity (Wildman–Crippen MR) is 80.9 cm³/mol. The fourth-order valence-corrected chi connectivity index (χ4v) is 2.89. The summed E-state index contributed by atoms with van der Waals surface area (Å²) in [6.45, 7) is 4.44. The van der Waals surface area contributed by atoms with Crippen LogP contribution in [0, 0.1) is 0 Å². The van der Waals surface area contributed by atoms with E-state index in [2.05, 4.69) is 24.4 Å². The Hall–Kier alpha value is -1.58. The van der Waals surface area contributed by atoms with Crippen LogP contribution in [0.1, 0.15) is 25.3 Å². The zero-order chi connectivity index (χ0) is 14.0. The first-order chi connectivity index (χ1) is 9.68. The molecule has 0 spiro atoms. The highest BCUT2D eigenvalue weighted by atomic mass is 16.5. The predicted octanol–water partition coefficient (Wildman–Crippen LogP) is 3.20. The van der Waals surface area contributed by atoms with E-state index in [1.54, 1.807) is 6.07 Å². The monoisotopic (exact) mass is 271 g/mol. The number of benzene rings is 2. The molecule has 1 saturated heterocycles. The molecule has 106 valence electrons. The van der Waals surface area contributed by atoms with Gasteiger partial charge in [-0.15, -0.1) is 0 Å². The van der Waals surface area contributed by atoms with Gasteiger partial charge in [-0.1, -0.05) is 30.3 Å². The Morgan fingerprint density at radius 1 is 1.25 bits per heavy atom. The molecule has 20 heavy (non-hydrogen) atoms. The van der Waals surface area contributed by atoms with Gasteiger partial charge in [0, 0.05) is 24.3 Å². The molecule has 1 atom stereocenters. The van der Waals surface area contributed by atoms with Crippen LogP contribution in [0.25, 0.3) is 10.8 Å². The summed E-state index contributed by atoms with van der Waals surface area (Å²) in [6.07, 6.45) is 2.20. The largest absolute Gasteiger partial charge is 0.508 e. The molecule has 0 aliphatic carbocycles. The van der Waals surface area contributed by atoms with Gasteiger partial charge in [0.2, 0.25) is 0 Å². The highest BCUT2D eigenvalue weighted by Gasteiger charge is 2.27. The molecule has 1 unspecified atom stereocenters. The third-order valence-electron chi connectivity index (χ3n) is 4.15. The molecule has 3 heteroatoms. The standard InChI is InChI=1S/C17H21NO2/c1-17(9-4-10-20-12-17)18-11-15-14-6-3-2-5-13(14)7-8-16(15)19/h2-3,5-8,18-19H,4,9-12H2,1H3. The van der Waals surface area contributed by atoms with Crippen molar-refractivity contribution in [3.63, 3.8) is 0 Å². The zero-order valence-corrected chi connectivity index (χ0v) is 11.9. The van der Waals surface area contributed by atoms with Gasteiger partial charge in [0.15, 0.2) is 0 Å². The first-order valence-corrected chi connectivity index (χ1v) is 7.20. The quantitative estimate of drug-likeness (QED) is 0.900. The highest BCUT2D eigenvalue weighted by Crippen LogP contribution is 2.28. The molecule has 0 aromatic heterocycles. The van der Waals surface area contributed by atoms with Crippen molar-refractivity contribution in [2.24, 2.45) is 0 Å². The van der Waals surface area contributed by atoms with Crippen LogP contribution in [0.2, 0.25) is 0 Å². The van der Waals surface area contributed by atoms with Crippen molar-refractivity contribution in [3.05, 3.63) is 42.0 Å². The summed E-state index contributed by atoms with van der Waals surface area (Å²) >= 11 is 0. The summed E-state index contributed by atoms with van der Waals surface area (Å²) in [7, 11) is 0. The van der Waals surface area contributed by atoms with Crippen LogP contribution in [0.3, 0.4) is 0 Å². The summed E-state index contributed by atoms with van der Waals surface area (Å²) < 4.78 is 5.57. The number of ether oxygens (including phenoxy) is 1. The van der Waals surface area contributed by atoms with Crippen LogP contribution in [-0.2, 0) is 11.3 Å². The van der Waals surface area contributed by atoms with Crippen molar-refractivity contribution in [3.8, 4) is 5.75 Å². The van der Waals surface area contributed by atoms with E-state index < -0.39 is 0 Å². The second kappa shape index (κ2) is 5.43. The molecule has 1 aliphatic rings. The van der Waals surface area contributed by atoms with Crippen molar-refractivity contribution in [2.75, 3.05) is 13.2 Å². The topological polar surface area (TPSA) is 41.5 Å². The minimum Gasteiger partial charge on any atom is -0.508 e. The van der Waals surface area contributed by atoms with Crippen LogP contribution in [0.15, 0.2) is 36.4 Å². The summed E-state index contributed by atoms with van der Waals surface area (Å²) in [5.74, 6) is 0.358. The van der Waals surface area contributed by atoms with Gasteiger partial charge in [-0.2, -0.15) is 0 Å². The molecule has 2 aromatic carbocycles. The first kappa shape index (κ1) is 13.4. The van der Waals surface area contributed by atoms with Gasteiger partial charge in [0.1, 0.15) is 5.75 Å². The minimum absolute atomic E-state index is 0.00162. The smallest absolute Gasteiger partial charge is 0.120 e. The third kappa shape index (κ3) is 2.65. The Balaban J connectivity index is 1.85. The molecule has 0 bridgehead atoms. The van der Waals surface area contributed by atoms with Crippen molar-refractivity contribution >= 4 is 10.8 Å². The van der Waals surface area contributed by atoms with Crippen molar-refractivity contribution < 1.29 is 9.84 Å². The Bertz CT molecular complexity index is 603. The van der Waals surface area contributed by atoms with Crippen LogP contribution >= 0.6 is 0 Å². The van der Waals surface area contributed by atoms with Crippen molar-refractivity contribution in [1.82, 2.24) is 5.32 Å². The fraction of sp³-hybridized carbons (Fsp3) is 0.412. The molecule has 0 amide bonds. The minimum atomic E-state index is 0.00162. The summed E-state index contributed by atoms with van der Waals surface area (Å²) in [5.41, 5.74) is 0.969. The highest BCUT2D eigenvalue weighted by molar-refractivity contribution is 5.87. The fourth-order valence-electron chi connectivity index (χ4n) is 2.89. The van der Waals surface area contributed by atoms with Gasteiger partial charge in [0.25, 0.3) is 0 Å². The van der Waals surface area contributed by atoms with E-state index in [0.717, 1.165) is 42.4 Å². The Morgan fingerprint density at radius 3 is 2.90 bits per heavy atom. The Morgan fingerprint density at radius 2 is 2.10 bits per heavy atom. The van der Waals surface area contributed by atoms with E-state index in [0.29, 0.717) is 12.3 Å². The molecule has 1 aliphatic heterocycles. The van der Waals surface area contributed by atoms with Crippen LogP contribution in [0.4, 0.5) is 0 Å². The van der Waals surface area contributed by atoms with Gasteiger partial charge in [-0.3, -0.25) is 0 Å². The van der Waals surface area contributed by atoms with Gasteiger partial charge in [-0.25, -0.2) is 0 Å². The molecular formula is C17H21NO2. The zero-order valence-electron chi connectivity index (χ0n) is 11.9. The molecule has 1 heterocycles. The van der Waals surface area contributed by atoms with Gasteiger partial charge < -0.3 is 15.2 Å². The number of phenolic OH excluding ortho intramolecular Hbond substituents is 1. The number of fused-ring (bicyclic) bond motifs is 1. The Kier molecular flexibility index (Phi) is 3.64. The first-order valence-electron chi connectivity index (χ1n) is 7.20. The van der Waals surface area contributed by atoms with Gasteiger partial charge in [0.05, 0.1) is 6.61 Å². The van der Waals surface area contributed by atoms with E-state index in [4.69, 9.17) is 4.74 Å². The van der Waals surface area contributed by atoms with Crippen LogP contribution < -0.4 is 5.32 Å². The van der Waals surface area contributed by atoms with Gasteiger partial charge in [-0.05, 0) is 36.6 Å². The maximum atomic E-state index is 10.2. The van der Waals surface area contributed by atoms with Crippen LogP contribution in [0.5, 0.6) is 5.75 Å². The number of rotatable bonds is 3. The Labute approximate surface area is 119 Å². The van der Waals surface area contributed by atoms with E-state index in [-0.39, 0.29) is 5.54 Å². The lowest BCUT2D eigenvalue weighted by atomic mass is 9.94.